The molecule has 0 saturated heterocycles. The number of aromatic nitrogens is 4. The summed E-state index contributed by atoms with van der Waals surface area (Å²) in [5.41, 5.74) is 3.31. The maximum absolute atomic E-state index is 11.2. The third-order valence-electron chi connectivity index (χ3n) is 3.06. The standard InChI is InChI=1S/C16H13N5O/c1-3-13-14-15(18-9-17-14)21-16(20-13)19-12-6-4-5-11(8-12)7-10(2)22/h1,4-6,8-9H,7H2,2H3,(H2,17,18,19,20,21). The molecule has 0 saturated carbocycles. The summed E-state index contributed by atoms with van der Waals surface area (Å²) in [6.07, 6.45) is 7.38. The lowest BCUT2D eigenvalue weighted by Gasteiger charge is -2.07. The second kappa shape index (κ2) is 5.66. The molecule has 0 radical (unpaired) electrons. The van der Waals surface area contributed by atoms with Crippen molar-refractivity contribution in [3.63, 3.8) is 0 Å². The molecule has 0 aliphatic carbocycles. The Kier molecular flexibility index (Phi) is 3.54. The zero-order chi connectivity index (χ0) is 15.5. The van der Waals surface area contributed by atoms with Crippen molar-refractivity contribution in [2.75, 3.05) is 5.32 Å². The predicted octanol–water partition coefficient (Wildman–Crippen LogP) is 2.21. The van der Waals surface area contributed by atoms with E-state index in [0.717, 1.165) is 11.3 Å². The van der Waals surface area contributed by atoms with Crippen molar-refractivity contribution < 1.29 is 4.79 Å². The summed E-state index contributed by atoms with van der Waals surface area (Å²) >= 11 is 0. The first-order chi connectivity index (χ1) is 10.7. The first-order valence-corrected chi connectivity index (χ1v) is 6.69. The van der Waals surface area contributed by atoms with Gasteiger partial charge < -0.3 is 10.3 Å². The van der Waals surface area contributed by atoms with E-state index in [9.17, 15) is 4.79 Å². The molecule has 0 atom stereocenters. The summed E-state index contributed by atoms with van der Waals surface area (Å²) in [7, 11) is 0. The fraction of sp³-hybridized carbons (Fsp3) is 0.125. The lowest BCUT2D eigenvalue weighted by atomic mass is 10.1. The van der Waals surface area contributed by atoms with Crippen LogP contribution in [0.3, 0.4) is 0 Å². The van der Waals surface area contributed by atoms with Gasteiger partial charge >= 0.3 is 0 Å². The van der Waals surface area contributed by atoms with E-state index in [1.165, 1.54) is 6.33 Å². The first kappa shape index (κ1) is 13.8. The lowest BCUT2D eigenvalue weighted by molar-refractivity contribution is -0.116. The summed E-state index contributed by atoms with van der Waals surface area (Å²) in [6.45, 7) is 1.56. The van der Waals surface area contributed by atoms with Crippen LogP contribution in [0.1, 0.15) is 18.2 Å². The molecule has 1 aromatic carbocycles. The van der Waals surface area contributed by atoms with Crippen LogP contribution < -0.4 is 5.32 Å². The number of Topliss-reactive ketones (excluding diaryl/α,β-unsaturated/α-hetero) is 1. The van der Waals surface area contributed by atoms with Gasteiger partial charge in [0.1, 0.15) is 17.0 Å². The van der Waals surface area contributed by atoms with Crippen LogP contribution in [0.15, 0.2) is 30.6 Å². The van der Waals surface area contributed by atoms with E-state index in [4.69, 9.17) is 6.42 Å². The van der Waals surface area contributed by atoms with Crippen molar-refractivity contribution >= 4 is 28.6 Å². The summed E-state index contributed by atoms with van der Waals surface area (Å²) in [5, 5.41) is 3.09. The van der Waals surface area contributed by atoms with Crippen molar-refractivity contribution in [2.24, 2.45) is 0 Å². The highest BCUT2D eigenvalue weighted by molar-refractivity contribution is 5.79. The number of carbonyl (C=O) groups is 1. The molecule has 22 heavy (non-hydrogen) atoms. The molecule has 0 bridgehead atoms. The van der Waals surface area contributed by atoms with E-state index < -0.39 is 0 Å². The number of benzene rings is 1. The largest absolute Gasteiger partial charge is 0.341 e. The topological polar surface area (TPSA) is 83.6 Å². The van der Waals surface area contributed by atoms with Crippen molar-refractivity contribution in [1.29, 1.82) is 0 Å². The quantitative estimate of drug-likeness (QED) is 0.720. The van der Waals surface area contributed by atoms with E-state index in [1.54, 1.807) is 6.92 Å². The Bertz CT molecular complexity index is 891. The van der Waals surface area contributed by atoms with Gasteiger partial charge in [-0.25, -0.2) is 9.97 Å². The summed E-state index contributed by atoms with van der Waals surface area (Å²) < 4.78 is 0. The van der Waals surface area contributed by atoms with Crippen LogP contribution >= 0.6 is 0 Å². The number of anilines is 2. The molecule has 3 aromatic rings. The normalized spacial score (nSPS) is 10.4. The Morgan fingerprint density at radius 3 is 3.05 bits per heavy atom. The molecule has 108 valence electrons. The molecular formula is C16H13N5O. The van der Waals surface area contributed by atoms with E-state index >= 15 is 0 Å². The molecule has 2 heterocycles. The molecule has 0 spiro atoms. The van der Waals surface area contributed by atoms with Crippen LogP contribution in [-0.4, -0.2) is 25.7 Å². The number of ketones is 1. The van der Waals surface area contributed by atoms with Crippen LogP contribution in [0, 0.1) is 12.3 Å². The van der Waals surface area contributed by atoms with Gasteiger partial charge in [-0.3, -0.25) is 4.79 Å². The lowest BCUT2D eigenvalue weighted by Crippen LogP contribution is -2.01. The van der Waals surface area contributed by atoms with Gasteiger partial charge in [0.05, 0.1) is 6.33 Å². The Morgan fingerprint density at radius 1 is 1.41 bits per heavy atom. The number of rotatable bonds is 4. The molecule has 2 aromatic heterocycles. The third-order valence-corrected chi connectivity index (χ3v) is 3.06. The molecule has 0 unspecified atom stereocenters. The second-order valence-electron chi connectivity index (χ2n) is 4.85. The van der Waals surface area contributed by atoms with Gasteiger partial charge in [0.25, 0.3) is 0 Å². The van der Waals surface area contributed by atoms with Gasteiger partial charge in [0.2, 0.25) is 5.95 Å². The number of fused-ring (bicyclic) bond motifs is 1. The number of imidazole rings is 1. The zero-order valence-corrected chi connectivity index (χ0v) is 11.9. The Labute approximate surface area is 127 Å². The minimum atomic E-state index is 0.112. The maximum atomic E-state index is 11.2. The summed E-state index contributed by atoms with van der Waals surface area (Å²) in [5.74, 6) is 2.99. The van der Waals surface area contributed by atoms with Gasteiger partial charge in [0.15, 0.2) is 5.65 Å². The average molecular weight is 291 g/mol. The van der Waals surface area contributed by atoms with Crippen LogP contribution in [0.2, 0.25) is 0 Å². The molecule has 0 aliphatic rings. The van der Waals surface area contributed by atoms with Gasteiger partial charge in [-0.15, -0.1) is 6.42 Å². The van der Waals surface area contributed by atoms with E-state index in [2.05, 4.69) is 31.2 Å². The number of H-pyrrole nitrogens is 1. The third kappa shape index (κ3) is 2.79. The molecule has 6 heteroatoms. The van der Waals surface area contributed by atoms with Crippen LogP contribution in [0.25, 0.3) is 11.2 Å². The maximum Gasteiger partial charge on any atom is 0.230 e. The predicted molar refractivity (Wildman–Crippen MR) is 83.7 cm³/mol. The minimum Gasteiger partial charge on any atom is -0.341 e. The number of nitrogens with one attached hydrogen (secondary N) is 2. The van der Waals surface area contributed by atoms with E-state index in [1.807, 2.05) is 24.3 Å². The fourth-order valence-corrected chi connectivity index (χ4v) is 2.17. The molecule has 0 fully saturated rings. The highest BCUT2D eigenvalue weighted by Gasteiger charge is 2.08. The molecule has 0 aliphatic heterocycles. The number of aromatic amines is 1. The minimum absolute atomic E-state index is 0.112. The first-order valence-electron chi connectivity index (χ1n) is 6.69. The van der Waals surface area contributed by atoms with E-state index in [-0.39, 0.29) is 5.78 Å². The highest BCUT2D eigenvalue weighted by Crippen LogP contribution is 2.18. The molecular weight excluding hydrogens is 278 g/mol. The smallest absolute Gasteiger partial charge is 0.230 e. The molecule has 0 amide bonds. The van der Waals surface area contributed by atoms with Crippen LogP contribution in [0.5, 0.6) is 0 Å². The average Bonchev–Trinajstić information content (AvgIpc) is 2.94. The zero-order valence-electron chi connectivity index (χ0n) is 11.9. The number of hydrogen-bond donors (Lipinski definition) is 2. The summed E-state index contributed by atoms with van der Waals surface area (Å²) in [6, 6.07) is 7.53. The summed E-state index contributed by atoms with van der Waals surface area (Å²) in [4.78, 5) is 26.8. The van der Waals surface area contributed by atoms with Gasteiger partial charge in [-0.2, -0.15) is 4.98 Å². The Morgan fingerprint density at radius 2 is 2.27 bits per heavy atom. The van der Waals surface area contributed by atoms with Crippen LogP contribution in [0.4, 0.5) is 11.6 Å². The SMILES string of the molecule is C#Cc1nc(Nc2cccc(CC(C)=O)c2)nc2nc[nH]c12. The van der Waals surface area contributed by atoms with Gasteiger partial charge in [0, 0.05) is 12.1 Å². The van der Waals surface area contributed by atoms with Crippen LogP contribution in [-0.2, 0) is 11.2 Å². The van der Waals surface area contributed by atoms with Crippen molar-refractivity contribution in [1.82, 2.24) is 19.9 Å². The monoisotopic (exact) mass is 291 g/mol. The molecule has 6 nitrogen and oxygen atoms in total. The highest BCUT2D eigenvalue weighted by atomic mass is 16.1. The fourth-order valence-electron chi connectivity index (χ4n) is 2.17. The number of hydrogen-bond acceptors (Lipinski definition) is 5. The van der Waals surface area contributed by atoms with Crippen molar-refractivity contribution in [3.05, 3.63) is 41.9 Å². The van der Waals surface area contributed by atoms with Crippen molar-refractivity contribution in [2.45, 2.75) is 13.3 Å². The Hall–Kier alpha value is -3.20. The Balaban J connectivity index is 1.93. The number of terminal acetylenes is 1. The molecule has 2 N–H and O–H groups in total. The van der Waals surface area contributed by atoms with Gasteiger partial charge in [-0.1, -0.05) is 12.1 Å². The second-order valence-corrected chi connectivity index (χ2v) is 4.85. The van der Waals surface area contributed by atoms with Crippen molar-refractivity contribution in [3.8, 4) is 12.3 Å². The van der Waals surface area contributed by atoms with Gasteiger partial charge in [-0.05, 0) is 30.5 Å². The molecule has 3 rings (SSSR count). The van der Waals surface area contributed by atoms with E-state index in [0.29, 0.717) is 29.2 Å². The number of carbonyl (C=O) groups excluding carboxylic acids is 1. The number of nitrogens with zero attached hydrogens (tertiary/aromatic N) is 3.